The van der Waals surface area contributed by atoms with Crippen LogP contribution < -0.4 is 16.0 Å². The molecule has 7 heteroatoms. The van der Waals surface area contributed by atoms with Crippen LogP contribution in [0.5, 0.6) is 0 Å². The molecule has 7 nitrogen and oxygen atoms in total. The van der Waals surface area contributed by atoms with E-state index in [1.54, 1.807) is 7.05 Å². The van der Waals surface area contributed by atoms with Crippen molar-refractivity contribution in [2.45, 2.75) is 0 Å². The summed E-state index contributed by atoms with van der Waals surface area (Å²) in [6.07, 6.45) is 0. The molecule has 0 spiro atoms. The van der Waals surface area contributed by atoms with Crippen LogP contribution in [-0.4, -0.2) is 75.4 Å². The first kappa shape index (κ1) is 18.4. The normalized spacial score (nSPS) is 15.8. The average molecular weight is 356 g/mol. The van der Waals surface area contributed by atoms with Gasteiger partial charge in [0.1, 0.15) is 5.82 Å². The average Bonchev–Trinajstić information content (AvgIpc) is 2.70. The minimum atomic E-state index is 0.770. The number of morpholine rings is 1. The second-order valence-electron chi connectivity index (χ2n) is 6.20. The Morgan fingerprint density at radius 2 is 1.88 bits per heavy atom. The highest BCUT2D eigenvalue weighted by Crippen LogP contribution is 2.13. The lowest BCUT2D eigenvalue weighted by Gasteiger charge is -2.26. The highest BCUT2D eigenvalue weighted by atomic mass is 16.5. The molecule has 0 aliphatic carbocycles. The van der Waals surface area contributed by atoms with Crippen molar-refractivity contribution in [3.8, 4) is 0 Å². The molecule has 3 rings (SSSR count). The van der Waals surface area contributed by atoms with Crippen LogP contribution in [-0.2, 0) is 4.74 Å². The number of para-hydroxylation sites is 1. The molecule has 2 heterocycles. The summed E-state index contributed by atoms with van der Waals surface area (Å²) >= 11 is 0. The molecule has 1 aliphatic rings. The van der Waals surface area contributed by atoms with Crippen LogP contribution in [0.25, 0.3) is 10.9 Å². The van der Waals surface area contributed by atoms with Crippen molar-refractivity contribution in [1.29, 1.82) is 0 Å². The third-order valence-electron chi connectivity index (χ3n) is 4.37. The number of rotatable bonds is 7. The highest BCUT2D eigenvalue weighted by Gasteiger charge is 2.09. The maximum absolute atomic E-state index is 5.36. The first-order chi connectivity index (χ1) is 12.8. The molecule has 0 unspecified atom stereocenters. The van der Waals surface area contributed by atoms with Gasteiger partial charge in [-0.25, -0.2) is 4.98 Å². The Bertz CT molecular complexity index is 714. The molecule has 140 valence electrons. The second-order valence-corrected chi connectivity index (χ2v) is 6.20. The van der Waals surface area contributed by atoms with E-state index in [1.165, 1.54) is 0 Å². The summed E-state index contributed by atoms with van der Waals surface area (Å²) in [5.41, 5.74) is 1.01. The molecule has 0 bridgehead atoms. The number of guanidine groups is 1. The smallest absolute Gasteiger partial charge is 0.191 e. The highest BCUT2D eigenvalue weighted by molar-refractivity contribution is 5.80. The molecule has 0 atom stereocenters. The van der Waals surface area contributed by atoms with Gasteiger partial charge in [0.25, 0.3) is 0 Å². The van der Waals surface area contributed by atoms with E-state index in [9.17, 15) is 0 Å². The number of nitrogens with zero attached hydrogens (tertiary/aromatic N) is 3. The largest absolute Gasteiger partial charge is 0.379 e. The first-order valence-corrected chi connectivity index (χ1v) is 9.19. The Kier molecular flexibility index (Phi) is 7.04. The predicted molar refractivity (Wildman–Crippen MR) is 107 cm³/mol. The summed E-state index contributed by atoms with van der Waals surface area (Å²) in [6.45, 7) is 7.11. The standard InChI is InChI=1S/C19H28N6O/c1-20-19(23-10-11-25-12-14-26-15-13-25)22-9-8-21-18-7-6-16-4-2-3-5-17(16)24-18/h2-7H,8-15H2,1H3,(H,21,24)(H2,20,22,23). The minimum Gasteiger partial charge on any atom is -0.379 e. The Labute approximate surface area is 154 Å². The lowest BCUT2D eigenvalue weighted by molar-refractivity contribution is 0.0389. The fraction of sp³-hybridized carbons (Fsp3) is 0.474. The van der Waals surface area contributed by atoms with Crippen molar-refractivity contribution in [2.75, 3.05) is 64.8 Å². The van der Waals surface area contributed by atoms with E-state index >= 15 is 0 Å². The van der Waals surface area contributed by atoms with Crippen LogP contribution in [0.3, 0.4) is 0 Å². The van der Waals surface area contributed by atoms with E-state index in [2.05, 4.69) is 43.0 Å². The summed E-state index contributed by atoms with van der Waals surface area (Å²) in [5, 5.41) is 11.2. The topological polar surface area (TPSA) is 73.8 Å². The SMILES string of the molecule is CN=C(NCCNc1ccc2ccccc2n1)NCCN1CCOCC1. The molecule has 26 heavy (non-hydrogen) atoms. The fourth-order valence-corrected chi connectivity index (χ4v) is 2.91. The summed E-state index contributed by atoms with van der Waals surface area (Å²) in [6, 6.07) is 12.2. The van der Waals surface area contributed by atoms with Gasteiger partial charge in [-0.2, -0.15) is 0 Å². The molecule has 0 saturated carbocycles. The molecule has 1 saturated heterocycles. The monoisotopic (exact) mass is 356 g/mol. The molecule has 3 N–H and O–H groups in total. The van der Waals surface area contributed by atoms with Gasteiger partial charge in [-0.05, 0) is 18.2 Å². The molecule has 1 fully saturated rings. The quantitative estimate of drug-likeness (QED) is 0.393. The number of aliphatic imine (C=N–C) groups is 1. The number of aromatic nitrogens is 1. The van der Waals surface area contributed by atoms with Gasteiger partial charge in [0.05, 0.1) is 18.7 Å². The molecule has 1 aromatic carbocycles. The molecule has 0 radical (unpaired) electrons. The Balaban J connectivity index is 1.34. The Hall–Kier alpha value is -2.38. The van der Waals surface area contributed by atoms with Gasteiger partial charge in [0, 0.05) is 51.7 Å². The maximum atomic E-state index is 5.36. The van der Waals surface area contributed by atoms with Gasteiger partial charge in [-0.1, -0.05) is 18.2 Å². The van der Waals surface area contributed by atoms with E-state index in [0.29, 0.717) is 0 Å². The van der Waals surface area contributed by atoms with Crippen LogP contribution in [0.15, 0.2) is 41.4 Å². The second kappa shape index (κ2) is 9.94. The van der Waals surface area contributed by atoms with Gasteiger partial charge < -0.3 is 20.7 Å². The van der Waals surface area contributed by atoms with Gasteiger partial charge in [0.15, 0.2) is 5.96 Å². The van der Waals surface area contributed by atoms with Crippen molar-refractivity contribution >= 4 is 22.7 Å². The summed E-state index contributed by atoms with van der Waals surface area (Å²) in [5.74, 6) is 1.72. The van der Waals surface area contributed by atoms with Crippen molar-refractivity contribution in [3.05, 3.63) is 36.4 Å². The molecular formula is C19H28N6O. The lowest BCUT2D eigenvalue weighted by atomic mass is 10.2. The number of benzene rings is 1. The summed E-state index contributed by atoms with van der Waals surface area (Å²) < 4.78 is 5.36. The minimum absolute atomic E-state index is 0.770. The Morgan fingerprint density at radius 1 is 1.08 bits per heavy atom. The van der Waals surface area contributed by atoms with Crippen molar-refractivity contribution in [2.24, 2.45) is 4.99 Å². The van der Waals surface area contributed by atoms with Crippen molar-refractivity contribution < 1.29 is 4.74 Å². The number of hydrogen-bond donors (Lipinski definition) is 3. The van der Waals surface area contributed by atoms with E-state index in [0.717, 1.165) is 75.2 Å². The fourth-order valence-electron chi connectivity index (χ4n) is 2.91. The summed E-state index contributed by atoms with van der Waals surface area (Å²) in [4.78, 5) is 11.3. The van der Waals surface area contributed by atoms with Gasteiger partial charge in [-0.3, -0.25) is 9.89 Å². The van der Waals surface area contributed by atoms with Gasteiger partial charge in [0.2, 0.25) is 0 Å². The van der Waals surface area contributed by atoms with E-state index in [1.807, 2.05) is 24.3 Å². The van der Waals surface area contributed by atoms with Crippen molar-refractivity contribution in [3.63, 3.8) is 0 Å². The van der Waals surface area contributed by atoms with E-state index in [-0.39, 0.29) is 0 Å². The van der Waals surface area contributed by atoms with Crippen molar-refractivity contribution in [1.82, 2.24) is 20.5 Å². The molecule has 0 amide bonds. The third-order valence-corrected chi connectivity index (χ3v) is 4.37. The number of hydrogen-bond acceptors (Lipinski definition) is 5. The molecular weight excluding hydrogens is 328 g/mol. The van der Waals surface area contributed by atoms with E-state index in [4.69, 9.17) is 4.74 Å². The molecule has 2 aromatic rings. The maximum Gasteiger partial charge on any atom is 0.191 e. The van der Waals surface area contributed by atoms with Crippen LogP contribution >= 0.6 is 0 Å². The first-order valence-electron chi connectivity index (χ1n) is 9.19. The number of nitrogens with one attached hydrogen (secondary N) is 3. The number of ether oxygens (including phenoxy) is 1. The number of anilines is 1. The van der Waals surface area contributed by atoms with Crippen LogP contribution in [0.1, 0.15) is 0 Å². The zero-order valence-electron chi connectivity index (χ0n) is 15.4. The number of fused-ring (bicyclic) bond motifs is 1. The predicted octanol–water partition coefficient (Wildman–Crippen LogP) is 1.14. The zero-order chi connectivity index (χ0) is 18.0. The molecule has 1 aromatic heterocycles. The van der Waals surface area contributed by atoms with Gasteiger partial charge >= 0.3 is 0 Å². The van der Waals surface area contributed by atoms with Crippen LogP contribution in [0.2, 0.25) is 0 Å². The Morgan fingerprint density at radius 3 is 2.73 bits per heavy atom. The molecule has 1 aliphatic heterocycles. The number of pyridine rings is 1. The van der Waals surface area contributed by atoms with Gasteiger partial charge in [-0.15, -0.1) is 0 Å². The van der Waals surface area contributed by atoms with Crippen LogP contribution in [0.4, 0.5) is 5.82 Å². The zero-order valence-corrected chi connectivity index (χ0v) is 15.4. The summed E-state index contributed by atoms with van der Waals surface area (Å²) in [7, 11) is 1.79. The lowest BCUT2D eigenvalue weighted by Crippen LogP contribution is -2.45. The van der Waals surface area contributed by atoms with E-state index < -0.39 is 0 Å². The van der Waals surface area contributed by atoms with Crippen LogP contribution in [0, 0.1) is 0 Å². The third kappa shape index (κ3) is 5.57.